The number of carbonyl (C=O) groups is 1. The summed E-state index contributed by atoms with van der Waals surface area (Å²) in [7, 11) is 4.64. The van der Waals surface area contributed by atoms with Gasteiger partial charge in [-0.2, -0.15) is 0 Å². The number of aromatic nitrogens is 2. The first-order valence-electron chi connectivity index (χ1n) is 10.5. The first-order valence-corrected chi connectivity index (χ1v) is 11.5. The van der Waals surface area contributed by atoms with Crippen molar-refractivity contribution in [2.45, 2.75) is 43.6 Å². The van der Waals surface area contributed by atoms with Gasteiger partial charge in [0.2, 0.25) is 11.7 Å². The van der Waals surface area contributed by atoms with Gasteiger partial charge < -0.3 is 24.3 Å². The van der Waals surface area contributed by atoms with Gasteiger partial charge in [0.1, 0.15) is 5.82 Å². The maximum atomic E-state index is 13.2. The van der Waals surface area contributed by atoms with Gasteiger partial charge in [-0.3, -0.25) is 19.4 Å². The van der Waals surface area contributed by atoms with Crippen molar-refractivity contribution in [1.29, 1.82) is 0 Å². The molecule has 3 heterocycles. The summed E-state index contributed by atoms with van der Waals surface area (Å²) < 4.78 is 24.3. The van der Waals surface area contributed by atoms with Gasteiger partial charge in [-0.05, 0) is 38.8 Å². The van der Waals surface area contributed by atoms with Crippen LogP contribution in [0.5, 0.6) is 17.2 Å². The number of anilines is 1. The quantitative estimate of drug-likeness (QED) is 0.702. The van der Waals surface area contributed by atoms with E-state index in [0.717, 1.165) is 18.4 Å². The molecule has 1 amide bonds. The molecule has 10 heteroatoms. The monoisotopic (exact) mass is 463 g/mol. The molecule has 1 fully saturated rings. The lowest BCUT2D eigenvalue weighted by molar-refractivity contribution is -0.113. The van der Waals surface area contributed by atoms with Crippen LogP contribution in [0, 0.1) is 0 Å². The summed E-state index contributed by atoms with van der Waals surface area (Å²) in [6, 6.07) is 3.64. The molecule has 1 aromatic carbocycles. The number of thioether (sulfide) groups is 1. The number of H-pyrrole nitrogens is 1. The first kappa shape index (κ1) is 22.6. The normalized spacial score (nSPS) is 22.5. The van der Waals surface area contributed by atoms with Gasteiger partial charge in [0.25, 0.3) is 5.56 Å². The van der Waals surface area contributed by atoms with Crippen LogP contribution < -0.4 is 25.1 Å². The predicted molar refractivity (Wildman–Crippen MR) is 122 cm³/mol. The first-order chi connectivity index (χ1) is 15.3. The Labute approximate surface area is 190 Å². The third-order valence-corrected chi connectivity index (χ3v) is 7.17. The Morgan fingerprint density at radius 1 is 1.12 bits per heavy atom. The van der Waals surface area contributed by atoms with Gasteiger partial charge in [-0.1, -0.05) is 0 Å². The molecule has 4 rings (SSSR count). The molecule has 174 valence electrons. The lowest BCUT2D eigenvalue weighted by atomic mass is 9.94. The molecular weight excluding hydrogens is 434 g/mol. The van der Waals surface area contributed by atoms with Crippen molar-refractivity contribution < 1.29 is 23.7 Å². The average molecular weight is 464 g/mol. The lowest BCUT2D eigenvalue weighted by Gasteiger charge is -2.36. The fourth-order valence-electron chi connectivity index (χ4n) is 4.51. The topological polar surface area (TPSA) is 104 Å². The fourth-order valence-corrected chi connectivity index (χ4v) is 5.65. The van der Waals surface area contributed by atoms with Crippen molar-refractivity contribution in [1.82, 2.24) is 9.78 Å². The summed E-state index contributed by atoms with van der Waals surface area (Å²) >= 11 is 1.38. The van der Waals surface area contributed by atoms with Crippen LogP contribution in [-0.2, 0) is 9.53 Å². The molecule has 1 saturated heterocycles. The Morgan fingerprint density at radius 2 is 1.88 bits per heavy atom. The maximum Gasteiger partial charge on any atom is 0.270 e. The van der Waals surface area contributed by atoms with Gasteiger partial charge in [0.15, 0.2) is 11.5 Å². The minimum absolute atomic E-state index is 0.00606. The van der Waals surface area contributed by atoms with Crippen molar-refractivity contribution >= 4 is 23.5 Å². The summed E-state index contributed by atoms with van der Waals surface area (Å²) in [5, 5.41) is 5.51. The highest BCUT2D eigenvalue weighted by Gasteiger charge is 2.37. The molecule has 9 nitrogen and oxygen atoms in total. The van der Waals surface area contributed by atoms with Crippen molar-refractivity contribution in [3.8, 4) is 17.2 Å². The number of benzene rings is 1. The molecule has 0 radical (unpaired) electrons. The Kier molecular flexibility index (Phi) is 6.17. The molecule has 2 atom stereocenters. The number of nitrogens with zero attached hydrogens (tertiary/aromatic N) is 1. The molecule has 2 aliphatic heterocycles. The number of carbonyl (C=O) groups excluding carboxylic acids is 1. The van der Waals surface area contributed by atoms with Crippen molar-refractivity contribution in [2.75, 3.05) is 39.0 Å². The minimum atomic E-state index is -0.434. The van der Waals surface area contributed by atoms with E-state index in [-0.39, 0.29) is 28.9 Å². The van der Waals surface area contributed by atoms with Crippen LogP contribution in [-0.4, -0.2) is 55.0 Å². The number of hydrogen-bond donors (Lipinski definition) is 2. The highest BCUT2D eigenvalue weighted by Crippen LogP contribution is 2.49. The van der Waals surface area contributed by atoms with E-state index in [1.807, 2.05) is 24.6 Å². The van der Waals surface area contributed by atoms with Crippen molar-refractivity contribution in [2.24, 2.45) is 0 Å². The minimum Gasteiger partial charge on any atom is -0.493 e. The van der Waals surface area contributed by atoms with E-state index in [9.17, 15) is 9.59 Å². The van der Waals surface area contributed by atoms with E-state index in [4.69, 9.17) is 18.9 Å². The van der Waals surface area contributed by atoms with Crippen LogP contribution >= 0.6 is 11.8 Å². The summed E-state index contributed by atoms with van der Waals surface area (Å²) in [5.74, 6) is 2.00. The Bertz CT molecular complexity index is 1080. The molecule has 32 heavy (non-hydrogen) atoms. The van der Waals surface area contributed by atoms with E-state index in [0.29, 0.717) is 35.2 Å². The number of fused-ring (bicyclic) bond motifs is 1. The third kappa shape index (κ3) is 3.97. The highest BCUT2D eigenvalue weighted by atomic mass is 32.2. The second-order valence-electron chi connectivity index (χ2n) is 8.49. The van der Waals surface area contributed by atoms with Crippen molar-refractivity contribution in [3.05, 3.63) is 33.6 Å². The third-order valence-electron chi connectivity index (χ3n) is 5.92. The predicted octanol–water partition coefficient (Wildman–Crippen LogP) is 3.11. The number of methoxy groups -OCH3 is 3. The molecule has 0 spiro atoms. The van der Waals surface area contributed by atoms with Crippen LogP contribution in [0.1, 0.15) is 49.1 Å². The van der Waals surface area contributed by atoms with Gasteiger partial charge in [0.05, 0.1) is 49.5 Å². The Morgan fingerprint density at radius 3 is 2.53 bits per heavy atom. The molecule has 2 aliphatic rings. The number of amides is 1. The molecule has 0 aliphatic carbocycles. The smallest absolute Gasteiger partial charge is 0.270 e. The highest BCUT2D eigenvalue weighted by molar-refractivity contribution is 8.00. The largest absolute Gasteiger partial charge is 0.493 e. The average Bonchev–Trinajstić information content (AvgIpc) is 2.97. The number of aromatic amines is 1. The van der Waals surface area contributed by atoms with E-state index in [2.05, 4.69) is 10.4 Å². The van der Waals surface area contributed by atoms with Crippen LogP contribution in [0.2, 0.25) is 0 Å². The standard InChI is InChI=1S/C22H29N3O6S/c1-22(2)10-12(8-9-31-22)25-20-16(21(27)24-25)19(32-11-15(26)23-20)13-6-7-14(28-3)18(30-5)17(13)29-4/h6-7,12,19H,8-11H2,1-5H3,(H,23,26)(H,24,27)/t12-,19+/m0/s1. The van der Waals surface area contributed by atoms with Crippen LogP contribution in [0.3, 0.4) is 0 Å². The van der Waals surface area contributed by atoms with E-state index in [1.54, 1.807) is 20.3 Å². The zero-order chi connectivity index (χ0) is 23.0. The summed E-state index contributed by atoms with van der Waals surface area (Å²) in [6.45, 7) is 4.65. The molecule has 1 aromatic heterocycles. The van der Waals surface area contributed by atoms with Gasteiger partial charge in [-0.25, -0.2) is 0 Å². The van der Waals surface area contributed by atoms with E-state index >= 15 is 0 Å². The number of rotatable bonds is 5. The Hall–Kier alpha value is -2.59. The van der Waals surface area contributed by atoms with Crippen LogP contribution in [0.4, 0.5) is 5.82 Å². The summed E-state index contributed by atoms with van der Waals surface area (Å²) in [4.78, 5) is 25.9. The second kappa shape index (κ2) is 8.74. The Balaban J connectivity index is 1.86. The second-order valence-corrected chi connectivity index (χ2v) is 9.58. The lowest BCUT2D eigenvalue weighted by Crippen LogP contribution is -2.36. The zero-order valence-corrected chi connectivity index (χ0v) is 19.8. The number of hydrogen-bond acceptors (Lipinski definition) is 7. The fraction of sp³-hybridized carbons (Fsp3) is 0.545. The van der Waals surface area contributed by atoms with Gasteiger partial charge in [-0.15, -0.1) is 11.8 Å². The SMILES string of the molecule is COc1ccc([C@H]2SCC(=O)Nc3c2c(=O)[nH]n3[C@H]2CCOC(C)(C)C2)c(OC)c1OC. The molecule has 0 unspecified atom stereocenters. The van der Waals surface area contributed by atoms with Crippen LogP contribution in [0.15, 0.2) is 16.9 Å². The molecule has 2 N–H and O–H groups in total. The maximum absolute atomic E-state index is 13.2. The van der Waals surface area contributed by atoms with Gasteiger partial charge >= 0.3 is 0 Å². The van der Waals surface area contributed by atoms with Crippen molar-refractivity contribution in [3.63, 3.8) is 0 Å². The molecular formula is C22H29N3O6S. The summed E-state index contributed by atoms with van der Waals surface area (Å²) in [5.41, 5.74) is 0.687. The van der Waals surface area contributed by atoms with Gasteiger partial charge in [0, 0.05) is 12.2 Å². The number of ether oxygens (including phenoxy) is 4. The van der Waals surface area contributed by atoms with E-state index < -0.39 is 5.25 Å². The molecule has 2 aromatic rings. The van der Waals surface area contributed by atoms with E-state index in [1.165, 1.54) is 18.9 Å². The summed E-state index contributed by atoms with van der Waals surface area (Å²) in [6.07, 6.45) is 1.46. The molecule has 0 saturated carbocycles. The number of nitrogens with one attached hydrogen (secondary N) is 2. The zero-order valence-electron chi connectivity index (χ0n) is 18.9. The van der Waals surface area contributed by atoms with Crippen LogP contribution in [0.25, 0.3) is 0 Å². The molecule has 0 bridgehead atoms.